The molecule has 0 aliphatic heterocycles. The number of aliphatic carboxylic acids is 1. The van der Waals surface area contributed by atoms with Gasteiger partial charge in [-0.3, -0.25) is 4.79 Å². The van der Waals surface area contributed by atoms with Crippen LogP contribution in [0.15, 0.2) is 30.3 Å². The largest absolute Gasteiger partial charge is 0.480 e. The molecule has 3 nitrogen and oxygen atoms in total. The molecule has 0 bridgehead atoms. The zero-order valence-electron chi connectivity index (χ0n) is 10.1. The zero-order chi connectivity index (χ0) is 12.1. The van der Waals surface area contributed by atoms with Crippen molar-refractivity contribution < 1.29 is 9.90 Å². The lowest BCUT2D eigenvalue weighted by Gasteiger charge is -2.32. The van der Waals surface area contributed by atoms with Gasteiger partial charge >= 0.3 is 5.97 Å². The molecule has 0 radical (unpaired) electrons. The highest BCUT2D eigenvalue weighted by Crippen LogP contribution is 2.20. The van der Waals surface area contributed by atoms with Crippen molar-refractivity contribution in [2.75, 3.05) is 11.4 Å². The molecule has 0 heterocycles. The summed E-state index contributed by atoms with van der Waals surface area (Å²) < 4.78 is 0. The van der Waals surface area contributed by atoms with Crippen molar-refractivity contribution in [1.82, 2.24) is 0 Å². The van der Waals surface area contributed by atoms with Gasteiger partial charge in [0.25, 0.3) is 0 Å². The average Bonchev–Trinajstić information content (AvgIpc) is 2.26. The van der Waals surface area contributed by atoms with E-state index in [0.717, 1.165) is 5.69 Å². The fraction of sp³-hybridized carbons (Fsp3) is 0.462. The summed E-state index contributed by atoms with van der Waals surface area (Å²) in [6.45, 7) is 6.30. The van der Waals surface area contributed by atoms with E-state index in [1.165, 1.54) is 0 Å². The topological polar surface area (TPSA) is 40.5 Å². The van der Waals surface area contributed by atoms with E-state index in [4.69, 9.17) is 5.11 Å². The number of hydrogen-bond acceptors (Lipinski definition) is 2. The van der Waals surface area contributed by atoms with Crippen LogP contribution in [-0.4, -0.2) is 23.7 Å². The maximum Gasteiger partial charge on any atom is 0.323 e. The molecule has 1 aromatic carbocycles. The summed E-state index contributed by atoms with van der Waals surface area (Å²) in [4.78, 5) is 12.8. The maximum atomic E-state index is 10.9. The van der Waals surface area contributed by atoms with Crippen LogP contribution in [0.5, 0.6) is 0 Å². The number of hydrogen-bond donors (Lipinski definition) is 1. The molecule has 1 atom stereocenters. The standard InChI is InChI=1S/C13H19NO2/c1-10(2)11(3)14(9-13(15)16)12-7-5-4-6-8-12/h4-8,10-11H,9H2,1-3H3,(H,15,16). The van der Waals surface area contributed by atoms with Crippen molar-refractivity contribution in [2.45, 2.75) is 26.8 Å². The third kappa shape index (κ3) is 3.26. The van der Waals surface area contributed by atoms with Crippen LogP contribution in [-0.2, 0) is 4.79 Å². The smallest absolute Gasteiger partial charge is 0.323 e. The van der Waals surface area contributed by atoms with E-state index in [2.05, 4.69) is 20.8 Å². The van der Waals surface area contributed by atoms with Crippen LogP contribution < -0.4 is 4.90 Å². The van der Waals surface area contributed by atoms with Crippen LogP contribution in [0, 0.1) is 5.92 Å². The van der Waals surface area contributed by atoms with E-state index < -0.39 is 5.97 Å². The predicted octanol–water partition coefficient (Wildman–Crippen LogP) is 2.62. The van der Waals surface area contributed by atoms with Crippen molar-refractivity contribution in [1.29, 1.82) is 0 Å². The molecule has 0 aromatic heterocycles. The van der Waals surface area contributed by atoms with E-state index in [-0.39, 0.29) is 12.6 Å². The molecule has 0 fully saturated rings. The molecule has 1 N–H and O–H groups in total. The van der Waals surface area contributed by atoms with E-state index in [1.807, 2.05) is 35.2 Å². The Morgan fingerprint density at radius 1 is 1.25 bits per heavy atom. The van der Waals surface area contributed by atoms with E-state index in [1.54, 1.807) is 0 Å². The Balaban J connectivity index is 2.91. The van der Waals surface area contributed by atoms with Crippen LogP contribution in [0.1, 0.15) is 20.8 Å². The molecule has 0 saturated carbocycles. The van der Waals surface area contributed by atoms with Gasteiger partial charge in [0.2, 0.25) is 0 Å². The summed E-state index contributed by atoms with van der Waals surface area (Å²) in [6, 6.07) is 9.89. The molecule has 88 valence electrons. The predicted molar refractivity (Wildman–Crippen MR) is 65.7 cm³/mol. The summed E-state index contributed by atoms with van der Waals surface area (Å²) in [5, 5.41) is 8.93. The van der Waals surface area contributed by atoms with Gasteiger partial charge in [-0.2, -0.15) is 0 Å². The van der Waals surface area contributed by atoms with Gasteiger partial charge < -0.3 is 10.0 Å². The van der Waals surface area contributed by atoms with Crippen molar-refractivity contribution in [2.24, 2.45) is 5.92 Å². The monoisotopic (exact) mass is 221 g/mol. The van der Waals surface area contributed by atoms with Gasteiger partial charge in [0.05, 0.1) is 0 Å². The Morgan fingerprint density at radius 2 is 1.81 bits per heavy atom. The highest BCUT2D eigenvalue weighted by Gasteiger charge is 2.19. The molecule has 1 unspecified atom stereocenters. The third-order valence-electron chi connectivity index (χ3n) is 2.85. The molecule has 0 spiro atoms. The molecular weight excluding hydrogens is 202 g/mol. The Bertz CT molecular complexity index is 335. The number of nitrogens with zero attached hydrogens (tertiary/aromatic N) is 1. The first-order valence-corrected chi connectivity index (χ1v) is 5.56. The summed E-state index contributed by atoms with van der Waals surface area (Å²) >= 11 is 0. The van der Waals surface area contributed by atoms with E-state index in [9.17, 15) is 4.79 Å². The fourth-order valence-electron chi connectivity index (χ4n) is 1.60. The van der Waals surface area contributed by atoms with Gasteiger partial charge in [-0.25, -0.2) is 0 Å². The molecule has 0 aliphatic carbocycles. The highest BCUT2D eigenvalue weighted by atomic mass is 16.4. The second-order valence-corrected chi connectivity index (χ2v) is 4.34. The van der Waals surface area contributed by atoms with Gasteiger partial charge in [-0.15, -0.1) is 0 Å². The van der Waals surface area contributed by atoms with Gasteiger partial charge in [-0.05, 0) is 25.0 Å². The second kappa shape index (κ2) is 5.54. The van der Waals surface area contributed by atoms with Crippen molar-refractivity contribution >= 4 is 11.7 Å². The summed E-state index contributed by atoms with van der Waals surface area (Å²) in [7, 11) is 0. The minimum absolute atomic E-state index is 0.0450. The lowest BCUT2D eigenvalue weighted by molar-refractivity contribution is -0.135. The van der Waals surface area contributed by atoms with Crippen LogP contribution in [0.4, 0.5) is 5.69 Å². The van der Waals surface area contributed by atoms with Crippen molar-refractivity contribution in [3.8, 4) is 0 Å². The number of carboxylic acids is 1. The summed E-state index contributed by atoms with van der Waals surface area (Å²) in [5.74, 6) is -0.379. The van der Waals surface area contributed by atoms with Crippen LogP contribution in [0.2, 0.25) is 0 Å². The van der Waals surface area contributed by atoms with E-state index in [0.29, 0.717) is 5.92 Å². The Hall–Kier alpha value is -1.51. The van der Waals surface area contributed by atoms with Crippen LogP contribution in [0.25, 0.3) is 0 Å². The first-order valence-electron chi connectivity index (χ1n) is 5.56. The first-order chi connectivity index (χ1) is 7.52. The second-order valence-electron chi connectivity index (χ2n) is 4.34. The number of para-hydroxylation sites is 1. The average molecular weight is 221 g/mol. The number of carboxylic acid groups (broad SMARTS) is 1. The summed E-state index contributed by atoms with van der Waals surface area (Å²) in [5.41, 5.74) is 0.964. The van der Waals surface area contributed by atoms with Crippen LogP contribution >= 0.6 is 0 Å². The van der Waals surface area contributed by atoms with Gasteiger partial charge in [0, 0.05) is 11.7 Å². The van der Waals surface area contributed by atoms with E-state index >= 15 is 0 Å². The van der Waals surface area contributed by atoms with Gasteiger partial charge in [0.15, 0.2) is 0 Å². The number of anilines is 1. The minimum atomic E-state index is -0.795. The quantitative estimate of drug-likeness (QED) is 0.831. The molecule has 16 heavy (non-hydrogen) atoms. The zero-order valence-corrected chi connectivity index (χ0v) is 10.1. The van der Waals surface area contributed by atoms with Gasteiger partial charge in [-0.1, -0.05) is 32.0 Å². The van der Waals surface area contributed by atoms with Crippen molar-refractivity contribution in [3.05, 3.63) is 30.3 Å². The number of benzene rings is 1. The SMILES string of the molecule is CC(C)C(C)N(CC(=O)O)c1ccccc1. The minimum Gasteiger partial charge on any atom is -0.480 e. The van der Waals surface area contributed by atoms with Crippen LogP contribution in [0.3, 0.4) is 0 Å². The number of carbonyl (C=O) groups is 1. The molecule has 1 aromatic rings. The third-order valence-corrected chi connectivity index (χ3v) is 2.85. The molecular formula is C13H19NO2. The first kappa shape index (κ1) is 12.6. The summed E-state index contributed by atoms with van der Waals surface area (Å²) in [6.07, 6.45) is 0. The lowest BCUT2D eigenvalue weighted by atomic mass is 10.0. The lowest BCUT2D eigenvalue weighted by Crippen LogP contribution is -2.40. The highest BCUT2D eigenvalue weighted by molar-refractivity contribution is 5.74. The van der Waals surface area contributed by atoms with Crippen molar-refractivity contribution in [3.63, 3.8) is 0 Å². The number of rotatable bonds is 5. The normalized spacial score (nSPS) is 12.5. The molecule has 3 heteroatoms. The van der Waals surface area contributed by atoms with Gasteiger partial charge in [0.1, 0.15) is 6.54 Å². The Morgan fingerprint density at radius 3 is 2.25 bits per heavy atom. The molecule has 0 aliphatic rings. The molecule has 0 amide bonds. The molecule has 0 saturated heterocycles. The fourth-order valence-corrected chi connectivity index (χ4v) is 1.60. The maximum absolute atomic E-state index is 10.9. The molecule has 1 rings (SSSR count). The Kier molecular flexibility index (Phi) is 4.35. The Labute approximate surface area is 96.7 Å².